The minimum absolute atomic E-state index is 0.148. The molecule has 5 heteroatoms. The molecule has 1 saturated heterocycles. The fourth-order valence-electron chi connectivity index (χ4n) is 3.62. The van der Waals surface area contributed by atoms with E-state index in [-0.39, 0.29) is 23.7 Å². The molecule has 0 aromatic heterocycles. The molecular weight excluding hydrogens is 244 g/mol. The highest BCUT2D eigenvalue weighted by molar-refractivity contribution is 5.68. The van der Waals surface area contributed by atoms with Crippen LogP contribution in [0.5, 0.6) is 0 Å². The van der Waals surface area contributed by atoms with E-state index >= 15 is 0 Å². The van der Waals surface area contributed by atoms with Gasteiger partial charge in [-0.2, -0.15) is 0 Å². The summed E-state index contributed by atoms with van der Waals surface area (Å²) in [6.45, 7) is 4.29. The first kappa shape index (κ1) is 14.6. The van der Waals surface area contributed by atoms with E-state index in [1.807, 2.05) is 4.90 Å². The summed E-state index contributed by atoms with van der Waals surface area (Å²) in [6.07, 6.45) is 5.29. The van der Waals surface area contributed by atoms with Crippen molar-refractivity contribution in [3.63, 3.8) is 0 Å². The lowest BCUT2D eigenvalue weighted by Gasteiger charge is -2.52. The number of ether oxygens (including phenoxy) is 1. The number of hydrogen-bond donors (Lipinski definition) is 2. The average molecular weight is 270 g/mol. The number of carbonyl (C=O) groups excluding carboxylic acids is 1. The molecule has 1 saturated carbocycles. The van der Waals surface area contributed by atoms with E-state index in [2.05, 4.69) is 6.92 Å². The van der Waals surface area contributed by atoms with Crippen molar-refractivity contribution in [3.05, 3.63) is 0 Å². The van der Waals surface area contributed by atoms with Gasteiger partial charge in [-0.1, -0.05) is 13.3 Å². The molecule has 1 spiro atoms. The van der Waals surface area contributed by atoms with Gasteiger partial charge < -0.3 is 20.5 Å². The fraction of sp³-hybridized carbons (Fsp3) is 0.929. The number of nitrogens with zero attached hydrogens (tertiary/aromatic N) is 1. The molecule has 2 fully saturated rings. The maximum Gasteiger partial charge on any atom is 0.409 e. The zero-order valence-corrected chi connectivity index (χ0v) is 11.9. The Morgan fingerprint density at radius 2 is 2.21 bits per heavy atom. The standard InChI is InChI=1S/C14H26N2O3/c1-2-3-8-19-12(18)16-6-4-13(11-16)9-14(15,10-13)5-7-17/h17H,2-11,15H2,1H3. The molecule has 0 bridgehead atoms. The molecule has 0 aromatic carbocycles. The Morgan fingerprint density at radius 1 is 1.47 bits per heavy atom. The molecule has 0 unspecified atom stereocenters. The largest absolute Gasteiger partial charge is 0.449 e. The van der Waals surface area contributed by atoms with Gasteiger partial charge in [0.25, 0.3) is 0 Å². The number of rotatable bonds is 5. The summed E-state index contributed by atoms with van der Waals surface area (Å²) in [5.41, 5.74) is 6.17. The number of carbonyl (C=O) groups is 1. The van der Waals surface area contributed by atoms with Crippen molar-refractivity contribution in [2.45, 2.75) is 51.0 Å². The lowest BCUT2D eigenvalue weighted by Crippen LogP contribution is -2.59. The summed E-state index contributed by atoms with van der Waals surface area (Å²) in [5, 5.41) is 8.99. The predicted octanol–water partition coefficient (Wildman–Crippen LogP) is 1.49. The van der Waals surface area contributed by atoms with Gasteiger partial charge in [0.15, 0.2) is 0 Å². The first-order chi connectivity index (χ1) is 9.02. The number of aliphatic hydroxyl groups is 1. The van der Waals surface area contributed by atoms with E-state index in [1.165, 1.54) is 0 Å². The molecule has 0 aromatic rings. The van der Waals surface area contributed by atoms with Gasteiger partial charge in [-0.25, -0.2) is 4.79 Å². The van der Waals surface area contributed by atoms with Crippen molar-refractivity contribution in [1.29, 1.82) is 0 Å². The van der Waals surface area contributed by atoms with Crippen LogP contribution < -0.4 is 5.73 Å². The summed E-state index contributed by atoms with van der Waals surface area (Å²) < 4.78 is 5.24. The summed E-state index contributed by atoms with van der Waals surface area (Å²) in [6, 6.07) is 0. The van der Waals surface area contributed by atoms with E-state index in [4.69, 9.17) is 15.6 Å². The van der Waals surface area contributed by atoms with Gasteiger partial charge in [0, 0.05) is 25.2 Å². The molecule has 1 aliphatic carbocycles. The Kier molecular flexibility index (Phi) is 4.36. The SMILES string of the molecule is CCCCOC(=O)N1CCC2(C1)CC(N)(CCO)C2. The number of nitrogens with two attached hydrogens (primary N) is 1. The van der Waals surface area contributed by atoms with Crippen molar-refractivity contribution in [1.82, 2.24) is 4.90 Å². The Hall–Kier alpha value is -0.810. The zero-order valence-electron chi connectivity index (χ0n) is 11.9. The molecule has 5 nitrogen and oxygen atoms in total. The third kappa shape index (κ3) is 3.20. The van der Waals surface area contributed by atoms with Crippen LogP contribution in [-0.2, 0) is 4.74 Å². The van der Waals surface area contributed by atoms with Crippen LogP contribution in [0.3, 0.4) is 0 Å². The first-order valence-electron chi connectivity index (χ1n) is 7.34. The van der Waals surface area contributed by atoms with E-state index in [1.54, 1.807) is 0 Å². The molecule has 2 aliphatic rings. The van der Waals surface area contributed by atoms with Gasteiger partial charge in [0.1, 0.15) is 0 Å². The van der Waals surface area contributed by atoms with Crippen molar-refractivity contribution >= 4 is 6.09 Å². The molecule has 2 rings (SSSR count). The topological polar surface area (TPSA) is 75.8 Å². The molecule has 110 valence electrons. The number of unbranched alkanes of at least 4 members (excludes halogenated alkanes) is 1. The normalized spacial score (nSPS) is 33.5. The quantitative estimate of drug-likeness (QED) is 0.742. The molecule has 0 radical (unpaired) electrons. The van der Waals surface area contributed by atoms with Crippen molar-refractivity contribution < 1.29 is 14.6 Å². The van der Waals surface area contributed by atoms with Gasteiger partial charge in [-0.15, -0.1) is 0 Å². The van der Waals surface area contributed by atoms with Crippen LogP contribution in [0.15, 0.2) is 0 Å². The molecule has 1 heterocycles. The minimum atomic E-state index is -0.211. The van der Waals surface area contributed by atoms with Crippen LogP contribution in [0.2, 0.25) is 0 Å². The molecule has 1 aliphatic heterocycles. The molecule has 19 heavy (non-hydrogen) atoms. The second-order valence-electron chi connectivity index (χ2n) is 6.33. The second-order valence-corrected chi connectivity index (χ2v) is 6.33. The van der Waals surface area contributed by atoms with Crippen LogP contribution in [-0.4, -0.2) is 47.9 Å². The third-order valence-electron chi connectivity index (χ3n) is 4.48. The van der Waals surface area contributed by atoms with E-state index in [0.717, 1.165) is 45.2 Å². The van der Waals surface area contributed by atoms with Crippen LogP contribution in [0.25, 0.3) is 0 Å². The Labute approximate surface area is 115 Å². The lowest BCUT2D eigenvalue weighted by atomic mass is 9.56. The van der Waals surface area contributed by atoms with E-state index in [9.17, 15) is 4.79 Å². The number of hydrogen-bond acceptors (Lipinski definition) is 4. The monoisotopic (exact) mass is 270 g/mol. The number of aliphatic hydroxyl groups excluding tert-OH is 1. The van der Waals surface area contributed by atoms with E-state index in [0.29, 0.717) is 13.0 Å². The summed E-state index contributed by atoms with van der Waals surface area (Å²) >= 11 is 0. The van der Waals surface area contributed by atoms with Crippen LogP contribution >= 0.6 is 0 Å². The maximum atomic E-state index is 11.9. The Balaban J connectivity index is 1.76. The summed E-state index contributed by atoms with van der Waals surface area (Å²) in [5.74, 6) is 0. The van der Waals surface area contributed by atoms with Gasteiger partial charge in [0.2, 0.25) is 0 Å². The van der Waals surface area contributed by atoms with Crippen molar-refractivity contribution in [2.24, 2.45) is 11.1 Å². The molecule has 3 N–H and O–H groups in total. The summed E-state index contributed by atoms with van der Waals surface area (Å²) in [7, 11) is 0. The van der Waals surface area contributed by atoms with Gasteiger partial charge >= 0.3 is 6.09 Å². The minimum Gasteiger partial charge on any atom is -0.449 e. The highest BCUT2D eigenvalue weighted by Crippen LogP contribution is 2.54. The van der Waals surface area contributed by atoms with Gasteiger partial charge in [0.05, 0.1) is 6.61 Å². The lowest BCUT2D eigenvalue weighted by molar-refractivity contribution is 0.0178. The first-order valence-corrected chi connectivity index (χ1v) is 7.34. The smallest absolute Gasteiger partial charge is 0.409 e. The average Bonchev–Trinajstić information content (AvgIpc) is 2.73. The highest BCUT2D eigenvalue weighted by atomic mass is 16.6. The molecule has 1 amide bonds. The van der Waals surface area contributed by atoms with Crippen LogP contribution in [0, 0.1) is 5.41 Å². The fourth-order valence-corrected chi connectivity index (χ4v) is 3.62. The van der Waals surface area contributed by atoms with Gasteiger partial charge in [-0.05, 0) is 37.5 Å². The molecule has 0 atom stereocenters. The summed E-state index contributed by atoms with van der Waals surface area (Å²) in [4.78, 5) is 13.7. The number of amides is 1. The van der Waals surface area contributed by atoms with E-state index < -0.39 is 0 Å². The second kappa shape index (κ2) is 5.67. The van der Waals surface area contributed by atoms with Crippen LogP contribution in [0.1, 0.15) is 45.4 Å². The van der Waals surface area contributed by atoms with Crippen LogP contribution in [0.4, 0.5) is 4.79 Å². The van der Waals surface area contributed by atoms with Gasteiger partial charge in [-0.3, -0.25) is 0 Å². The Morgan fingerprint density at radius 3 is 2.84 bits per heavy atom. The highest BCUT2D eigenvalue weighted by Gasteiger charge is 2.55. The predicted molar refractivity (Wildman–Crippen MR) is 72.7 cm³/mol. The van der Waals surface area contributed by atoms with Crippen molar-refractivity contribution in [2.75, 3.05) is 26.3 Å². The third-order valence-corrected chi connectivity index (χ3v) is 4.48. The zero-order chi connectivity index (χ0) is 13.9. The Bertz CT molecular complexity index is 327. The maximum absolute atomic E-state index is 11.9. The molecular formula is C14H26N2O3. The number of likely N-dealkylation sites (tertiary alicyclic amines) is 1. The van der Waals surface area contributed by atoms with Crippen molar-refractivity contribution in [3.8, 4) is 0 Å².